The van der Waals surface area contributed by atoms with E-state index in [4.69, 9.17) is 4.74 Å². The van der Waals surface area contributed by atoms with Gasteiger partial charge in [0.1, 0.15) is 5.60 Å². The molecule has 160 valence electrons. The SMILES string of the molecule is CC(C)(C)OC(=O)N1C[C@@H](C(=O)Nc2cccc3cccnc23)[C@H](c2ccccc2)C1. The quantitative estimate of drug-likeness (QED) is 0.663. The van der Waals surface area contributed by atoms with Crippen molar-refractivity contribution in [2.24, 2.45) is 5.92 Å². The first-order valence-corrected chi connectivity index (χ1v) is 10.5. The number of carbonyl (C=O) groups excluding carboxylic acids is 2. The van der Waals surface area contributed by atoms with E-state index in [0.717, 1.165) is 16.5 Å². The minimum absolute atomic E-state index is 0.114. The van der Waals surface area contributed by atoms with Crippen LogP contribution in [0.4, 0.5) is 10.5 Å². The molecule has 1 saturated heterocycles. The Kier molecular flexibility index (Phi) is 5.63. The van der Waals surface area contributed by atoms with Gasteiger partial charge in [-0.25, -0.2) is 4.79 Å². The minimum Gasteiger partial charge on any atom is -0.444 e. The van der Waals surface area contributed by atoms with Gasteiger partial charge in [0.2, 0.25) is 5.91 Å². The smallest absolute Gasteiger partial charge is 0.410 e. The van der Waals surface area contributed by atoms with Crippen LogP contribution in [-0.4, -0.2) is 40.6 Å². The summed E-state index contributed by atoms with van der Waals surface area (Å²) < 4.78 is 5.56. The molecule has 0 aliphatic carbocycles. The summed E-state index contributed by atoms with van der Waals surface area (Å²) in [6, 6.07) is 19.4. The van der Waals surface area contributed by atoms with Crippen molar-refractivity contribution in [1.82, 2.24) is 9.88 Å². The van der Waals surface area contributed by atoms with Gasteiger partial charge in [0, 0.05) is 30.6 Å². The predicted molar refractivity (Wildman–Crippen MR) is 121 cm³/mol. The molecular weight excluding hydrogens is 390 g/mol. The van der Waals surface area contributed by atoms with Gasteiger partial charge in [0.15, 0.2) is 0 Å². The van der Waals surface area contributed by atoms with Crippen LogP contribution in [0.3, 0.4) is 0 Å². The van der Waals surface area contributed by atoms with E-state index in [-0.39, 0.29) is 11.8 Å². The molecule has 2 atom stereocenters. The average Bonchev–Trinajstić information content (AvgIpc) is 3.19. The van der Waals surface area contributed by atoms with Crippen LogP contribution in [0.15, 0.2) is 66.9 Å². The summed E-state index contributed by atoms with van der Waals surface area (Å²) in [5, 5.41) is 4.01. The summed E-state index contributed by atoms with van der Waals surface area (Å²) in [6.07, 6.45) is 1.32. The summed E-state index contributed by atoms with van der Waals surface area (Å²) in [6.45, 7) is 6.26. The molecule has 0 bridgehead atoms. The number of para-hydroxylation sites is 1. The van der Waals surface area contributed by atoms with Gasteiger partial charge in [-0.1, -0.05) is 48.5 Å². The Morgan fingerprint density at radius 3 is 2.48 bits per heavy atom. The first kappa shape index (κ1) is 20.8. The third-order valence-corrected chi connectivity index (χ3v) is 5.43. The molecule has 31 heavy (non-hydrogen) atoms. The number of likely N-dealkylation sites (tertiary alicyclic amines) is 1. The van der Waals surface area contributed by atoms with E-state index in [1.165, 1.54) is 0 Å². The standard InChI is InChI=1S/C25H27N3O3/c1-25(2,3)31-24(30)28-15-19(17-9-5-4-6-10-17)20(16-28)23(29)27-21-13-7-11-18-12-8-14-26-22(18)21/h4-14,19-20H,15-16H2,1-3H3,(H,27,29)/t19-,20+/m0/s1. The van der Waals surface area contributed by atoms with Gasteiger partial charge in [-0.15, -0.1) is 0 Å². The zero-order valence-corrected chi connectivity index (χ0v) is 18.0. The molecule has 0 spiro atoms. The van der Waals surface area contributed by atoms with Crippen molar-refractivity contribution in [3.63, 3.8) is 0 Å². The molecule has 4 rings (SSSR count). The molecule has 2 amide bonds. The number of ether oxygens (including phenoxy) is 1. The lowest BCUT2D eigenvalue weighted by Crippen LogP contribution is -2.36. The molecule has 1 aromatic heterocycles. The molecule has 0 saturated carbocycles. The maximum Gasteiger partial charge on any atom is 0.410 e. The first-order valence-electron chi connectivity index (χ1n) is 10.5. The number of fused-ring (bicyclic) bond motifs is 1. The highest BCUT2D eigenvalue weighted by Gasteiger charge is 2.41. The van der Waals surface area contributed by atoms with Crippen molar-refractivity contribution < 1.29 is 14.3 Å². The third kappa shape index (κ3) is 4.68. The Morgan fingerprint density at radius 1 is 1.00 bits per heavy atom. The second-order valence-corrected chi connectivity index (χ2v) is 8.88. The zero-order chi connectivity index (χ0) is 22.0. The van der Waals surface area contributed by atoms with Crippen molar-refractivity contribution >= 4 is 28.6 Å². The lowest BCUT2D eigenvalue weighted by molar-refractivity contribution is -0.119. The van der Waals surface area contributed by atoms with Gasteiger partial charge in [0.05, 0.1) is 17.1 Å². The van der Waals surface area contributed by atoms with E-state index >= 15 is 0 Å². The maximum absolute atomic E-state index is 13.4. The Morgan fingerprint density at radius 2 is 1.74 bits per heavy atom. The van der Waals surface area contributed by atoms with Crippen LogP contribution in [0.5, 0.6) is 0 Å². The number of carbonyl (C=O) groups is 2. The zero-order valence-electron chi connectivity index (χ0n) is 18.0. The number of nitrogens with one attached hydrogen (secondary N) is 1. The van der Waals surface area contributed by atoms with Crippen LogP contribution in [-0.2, 0) is 9.53 Å². The van der Waals surface area contributed by atoms with E-state index in [2.05, 4.69) is 10.3 Å². The van der Waals surface area contributed by atoms with Crippen molar-refractivity contribution in [3.05, 3.63) is 72.4 Å². The van der Waals surface area contributed by atoms with E-state index in [0.29, 0.717) is 18.8 Å². The van der Waals surface area contributed by atoms with Crippen molar-refractivity contribution in [2.75, 3.05) is 18.4 Å². The van der Waals surface area contributed by atoms with Crippen LogP contribution < -0.4 is 5.32 Å². The number of rotatable bonds is 3. The molecule has 1 aliphatic heterocycles. The monoisotopic (exact) mass is 417 g/mol. The molecule has 2 heterocycles. The molecule has 3 aromatic rings. The summed E-state index contributed by atoms with van der Waals surface area (Å²) in [5.74, 6) is -0.636. The number of pyridine rings is 1. The third-order valence-electron chi connectivity index (χ3n) is 5.43. The molecule has 0 unspecified atom stereocenters. The first-order chi connectivity index (χ1) is 14.8. The van der Waals surface area contributed by atoms with Crippen LogP contribution in [0.25, 0.3) is 10.9 Å². The van der Waals surface area contributed by atoms with Crippen LogP contribution >= 0.6 is 0 Å². The van der Waals surface area contributed by atoms with Gasteiger partial charge >= 0.3 is 6.09 Å². The number of hydrogen-bond acceptors (Lipinski definition) is 4. The highest BCUT2D eigenvalue weighted by molar-refractivity contribution is 6.01. The van der Waals surface area contributed by atoms with Crippen molar-refractivity contribution in [3.8, 4) is 0 Å². The summed E-state index contributed by atoms with van der Waals surface area (Å²) in [4.78, 5) is 32.1. The van der Waals surface area contributed by atoms with Crippen LogP contribution in [0.1, 0.15) is 32.3 Å². The average molecular weight is 418 g/mol. The molecule has 2 aromatic carbocycles. The number of amides is 2. The number of anilines is 1. The molecule has 1 aliphatic rings. The van der Waals surface area contributed by atoms with Gasteiger partial charge in [-0.2, -0.15) is 0 Å². The lowest BCUT2D eigenvalue weighted by Gasteiger charge is -2.24. The number of hydrogen-bond donors (Lipinski definition) is 1. The van der Waals surface area contributed by atoms with Gasteiger partial charge in [-0.05, 0) is 38.5 Å². The Bertz CT molecular complexity index is 1090. The lowest BCUT2D eigenvalue weighted by atomic mass is 9.88. The Balaban J connectivity index is 1.60. The largest absolute Gasteiger partial charge is 0.444 e. The number of aromatic nitrogens is 1. The van der Waals surface area contributed by atoms with E-state index in [9.17, 15) is 9.59 Å². The molecule has 1 N–H and O–H groups in total. The van der Waals surface area contributed by atoms with Crippen LogP contribution in [0.2, 0.25) is 0 Å². The molecule has 0 radical (unpaired) electrons. The minimum atomic E-state index is -0.589. The van der Waals surface area contributed by atoms with E-state index < -0.39 is 17.6 Å². The fourth-order valence-corrected chi connectivity index (χ4v) is 4.01. The fourth-order valence-electron chi connectivity index (χ4n) is 4.01. The predicted octanol–water partition coefficient (Wildman–Crippen LogP) is 4.82. The van der Waals surface area contributed by atoms with Gasteiger partial charge in [-0.3, -0.25) is 9.78 Å². The number of nitrogens with zero attached hydrogens (tertiary/aromatic N) is 2. The maximum atomic E-state index is 13.4. The second kappa shape index (κ2) is 8.38. The highest BCUT2D eigenvalue weighted by atomic mass is 16.6. The second-order valence-electron chi connectivity index (χ2n) is 8.88. The number of benzene rings is 2. The summed E-state index contributed by atoms with van der Waals surface area (Å²) in [5.41, 5.74) is 1.86. The molecule has 1 fully saturated rings. The van der Waals surface area contributed by atoms with Gasteiger partial charge in [0.25, 0.3) is 0 Å². The fraction of sp³-hybridized carbons (Fsp3) is 0.320. The van der Waals surface area contributed by atoms with Gasteiger partial charge < -0.3 is 15.0 Å². The molecular formula is C25H27N3O3. The van der Waals surface area contributed by atoms with Crippen molar-refractivity contribution in [1.29, 1.82) is 0 Å². The van der Waals surface area contributed by atoms with E-state index in [1.807, 2.05) is 81.4 Å². The molecule has 6 heteroatoms. The Labute approximate surface area is 182 Å². The molecule has 6 nitrogen and oxygen atoms in total. The summed E-state index contributed by atoms with van der Waals surface area (Å²) >= 11 is 0. The normalized spacial score (nSPS) is 18.7. The highest BCUT2D eigenvalue weighted by Crippen LogP contribution is 2.35. The Hall–Kier alpha value is -3.41. The topological polar surface area (TPSA) is 71.5 Å². The van der Waals surface area contributed by atoms with Crippen molar-refractivity contribution in [2.45, 2.75) is 32.3 Å². The summed E-state index contributed by atoms with van der Waals surface area (Å²) in [7, 11) is 0. The van der Waals surface area contributed by atoms with Crippen LogP contribution in [0, 0.1) is 5.92 Å². The van der Waals surface area contributed by atoms with E-state index in [1.54, 1.807) is 11.1 Å².